The molecule has 0 spiro atoms. The maximum atomic E-state index is 12.5. The summed E-state index contributed by atoms with van der Waals surface area (Å²) in [7, 11) is 1.60. The van der Waals surface area contributed by atoms with Crippen LogP contribution in [0.3, 0.4) is 0 Å². The van der Waals surface area contributed by atoms with Crippen LogP contribution in [0.25, 0.3) is 0 Å². The topological polar surface area (TPSA) is 50.7 Å². The number of methoxy groups -OCH3 is 1. The smallest absolute Gasteiger partial charge is 0.256 e. The van der Waals surface area contributed by atoms with Gasteiger partial charge in [-0.25, -0.2) is 4.99 Å². The average molecular weight is 324 g/mol. The average Bonchev–Trinajstić information content (AvgIpc) is 2.55. The molecule has 0 aliphatic rings. The number of aliphatic imine (C=N–C) groups is 1. The third kappa shape index (κ3) is 4.69. The molecule has 0 heterocycles. The molecule has 0 fully saturated rings. The fraction of sp³-hybridized carbons (Fsp3) is 0.300. The molecule has 4 nitrogen and oxygen atoms in total. The van der Waals surface area contributed by atoms with Crippen LogP contribution in [-0.4, -0.2) is 18.9 Å². The lowest BCUT2D eigenvalue weighted by atomic mass is 9.94. The Morgan fingerprint density at radius 2 is 1.58 bits per heavy atom. The third-order valence-corrected chi connectivity index (χ3v) is 3.57. The predicted octanol–water partition coefficient (Wildman–Crippen LogP) is 4.51. The Labute approximate surface area is 143 Å². The van der Waals surface area contributed by atoms with E-state index in [2.05, 4.69) is 10.3 Å². The van der Waals surface area contributed by atoms with E-state index in [-0.39, 0.29) is 11.3 Å². The van der Waals surface area contributed by atoms with Crippen LogP contribution in [0.4, 0.5) is 5.69 Å². The van der Waals surface area contributed by atoms with E-state index in [9.17, 15) is 4.79 Å². The van der Waals surface area contributed by atoms with Gasteiger partial charge in [-0.15, -0.1) is 0 Å². The van der Waals surface area contributed by atoms with E-state index < -0.39 is 0 Å². The van der Waals surface area contributed by atoms with Gasteiger partial charge >= 0.3 is 0 Å². The van der Waals surface area contributed by atoms with Crippen molar-refractivity contribution in [2.75, 3.05) is 7.11 Å². The minimum Gasteiger partial charge on any atom is -0.497 e. The summed E-state index contributed by atoms with van der Waals surface area (Å²) < 4.78 is 5.12. The van der Waals surface area contributed by atoms with Crippen LogP contribution in [0.1, 0.15) is 36.7 Å². The summed E-state index contributed by atoms with van der Waals surface area (Å²) >= 11 is 0. The normalized spacial score (nSPS) is 12.0. The molecule has 0 aliphatic carbocycles. The quantitative estimate of drug-likeness (QED) is 0.667. The van der Waals surface area contributed by atoms with Crippen molar-refractivity contribution in [3.8, 4) is 5.75 Å². The molecule has 1 amide bonds. The number of amides is 1. The van der Waals surface area contributed by atoms with Gasteiger partial charge in [0.2, 0.25) is 0 Å². The molecule has 2 aromatic carbocycles. The van der Waals surface area contributed by atoms with Crippen LogP contribution in [0.15, 0.2) is 53.5 Å². The van der Waals surface area contributed by atoms with Crippen LogP contribution >= 0.6 is 0 Å². The number of amidine groups is 1. The monoisotopic (exact) mass is 324 g/mol. The first kappa shape index (κ1) is 17.7. The molecule has 0 radical (unpaired) electrons. The Morgan fingerprint density at radius 3 is 2.08 bits per heavy atom. The number of hydrogen-bond donors (Lipinski definition) is 1. The van der Waals surface area contributed by atoms with Crippen LogP contribution in [0.5, 0.6) is 5.75 Å². The standard InChI is InChI=1S/C20H24N2O2/c1-14-6-10-16(11-7-14)21-19(20(2,3)4)22-18(23)15-8-12-17(24-5)13-9-15/h6-13H,1-5H3,(H,21,22,23). The maximum Gasteiger partial charge on any atom is 0.256 e. The van der Waals surface area contributed by atoms with Crippen molar-refractivity contribution in [2.24, 2.45) is 10.4 Å². The number of nitrogens with one attached hydrogen (secondary N) is 1. The highest BCUT2D eigenvalue weighted by atomic mass is 16.5. The molecule has 0 aliphatic heterocycles. The van der Waals surface area contributed by atoms with Gasteiger partial charge in [0.05, 0.1) is 12.8 Å². The summed E-state index contributed by atoms with van der Waals surface area (Å²) in [6.07, 6.45) is 0. The Balaban J connectivity index is 2.25. The molecular formula is C20H24N2O2. The van der Waals surface area contributed by atoms with E-state index in [1.54, 1.807) is 31.4 Å². The molecule has 0 unspecified atom stereocenters. The van der Waals surface area contributed by atoms with Gasteiger partial charge in [-0.3, -0.25) is 4.79 Å². The summed E-state index contributed by atoms with van der Waals surface area (Å²) in [5.41, 5.74) is 2.28. The van der Waals surface area contributed by atoms with Crippen LogP contribution < -0.4 is 10.1 Å². The minimum atomic E-state index is -0.285. The van der Waals surface area contributed by atoms with Gasteiger partial charge in [-0.2, -0.15) is 0 Å². The second kappa shape index (κ2) is 7.30. The maximum absolute atomic E-state index is 12.5. The summed E-state index contributed by atoms with van der Waals surface area (Å²) in [4.78, 5) is 17.1. The molecule has 126 valence electrons. The van der Waals surface area contributed by atoms with Crippen LogP contribution in [0.2, 0.25) is 0 Å². The minimum absolute atomic E-state index is 0.182. The Morgan fingerprint density at radius 1 is 1.00 bits per heavy atom. The Bertz CT molecular complexity index is 724. The van der Waals surface area contributed by atoms with Crippen molar-refractivity contribution in [1.82, 2.24) is 5.32 Å². The van der Waals surface area contributed by atoms with Crippen molar-refractivity contribution in [2.45, 2.75) is 27.7 Å². The molecule has 24 heavy (non-hydrogen) atoms. The molecule has 2 rings (SSSR count). The van der Waals surface area contributed by atoms with E-state index in [1.807, 2.05) is 52.0 Å². The van der Waals surface area contributed by atoms with Crippen molar-refractivity contribution in [1.29, 1.82) is 0 Å². The number of benzene rings is 2. The lowest BCUT2D eigenvalue weighted by molar-refractivity contribution is 0.0974. The van der Waals surface area contributed by atoms with Crippen LogP contribution in [0, 0.1) is 12.3 Å². The number of ether oxygens (including phenoxy) is 1. The summed E-state index contributed by atoms with van der Waals surface area (Å²) in [6, 6.07) is 14.9. The van der Waals surface area contributed by atoms with Gasteiger partial charge in [-0.05, 0) is 43.3 Å². The fourth-order valence-electron chi connectivity index (χ4n) is 2.05. The molecule has 0 saturated carbocycles. The molecule has 0 aromatic heterocycles. The molecule has 1 N–H and O–H groups in total. The molecule has 4 heteroatoms. The molecule has 0 bridgehead atoms. The molecule has 0 atom stereocenters. The third-order valence-electron chi connectivity index (χ3n) is 3.57. The highest BCUT2D eigenvalue weighted by molar-refractivity contribution is 6.08. The Hall–Kier alpha value is -2.62. The van der Waals surface area contributed by atoms with Crippen molar-refractivity contribution in [3.05, 3.63) is 59.7 Å². The van der Waals surface area contributed by atoms with Crippen LogP contribution in [-0.2, 0) is 0 Å². The zero-order valence-electron chi connectivity index (χ0n) is 14.9. The first-order chi connectivity index (χ1) is 11.3. The SMILES string of the molecule is COc1ccc(C(=O)NC(=Nc2ccc(C)cc2)C(C)(C)C)cc1. The van der Waals surface area contributed by atoms with E-state index in [0.29, 0.717) is 11.4 Å². The summed E-state index contributed by atoms with van der Waals surface area (Å²) in [5, 5.41) is 2.94. The number of aryl methyl sites for hydroxylation is 1. The fourth-order valence-corrected chi connectivity index (χ4v) is 2.05. The van der Waals surface area contributed by atoms with E-state index in [0.717, 1.165) is 11.4 Å². The van der Waals surface area contributed by atoms with Crippen molar-refractivity contribution in [3.63, 3.8) is 0 Å². The van der Waals surface area contributed by atoms with Gasteiger partial charge in [0, 0.05) is 11.0 Å². The zero-order valence-corrected chi connectivity index (χ0v) is 14.9. The first-order valence-corrected chi connectivity index (χ1v) is 7.91. The zero-order chi connectivity index (χ0) is 17.7. The van der Waals surface area contributed by atoms with E-state index in [1.165, 1.54) is 5.56 Å². The summed E-state index contributed by atoms with van der Waals surface area (Å²) in [6.45, 7) is 8.10. The van der Waals surface area contributed by atoms with Gasteiger partial charge in [0.15, 0.2) is 0 Å². The van der Waals surface area contributed by atoms with Crippen molar-refractivity contribution < 1.29 is 9.53 Å². The largest absolute Gasteiger partial charge is 0.497 e. The second-order valence-corrected chi connectivity index (χ2v) is 6.73. The number of carbonyl (C=O) groups is 1. The lowest BCUT2D eigenvalue weighted by Crippen LogP contribution is -2.39. The second-order valence-electron chi connectivity index (χ2n) is 6.73. The number of carbonyl (C=O) groups excluding carboxylic acids is 1. The van der Waals surface area contributed by atoms with Gasteiger partial charge in [0.25, 0.3) is 5.91 Å². The van der Waals surface area contributed by atoms with Gasteiger partial charge in [0.1, 0.15) is 11.6 Å². The van der Waals surface area contributed by atoms with E-state index >= 15 is 0 Å². The predicted molar refractivity (Wildman–Crippen MR) is 98.2 cm³/mol. The number of nitrogens with zero attached hydrogens (tertiary/aromatic N) is 1. The molecule has 2 aromatic rings. The molecule has 0 saturated heterocycles. The van der Waals surface area contributed by atoms with Crippen molar-refractivity contribution >= 4 is 17.4 Å². The highest BCUT2D eigenvalue weighted by Gasteiger charge is 2.22. The highest BCUT2D eigenvalue weighted by Crippen LogP contribution is 2.21. The molecular weight excluding hydrogens is 300 g/mol. The number of rotatable bonds is 3. The first-order valence-electron chi connectivity index (χ1n) is 7.91. The Kier molecular flexibility index (Phi) is 5.39. The van der Waals surface area contributed by atoms with E-state index in [4.69, 9.17) is 4.74 Å². The van der Waals surface area contributed by atoms with Gasteiger partial charge in [-0.1, -0.05) is 38.5 Å². The lowest BCUT2D eigenvalue weighted by Gasteiger charge is -2.22. The van der Waals surface area contributed by atoms with Gasteiger partial charge < -0.3 is 10.1 Å². The summed E-state index contributed by atoms with van der Waals surface area (Å²) in [5.74, 6) is 1.17. The number of hydrogen-bond acceptors (Lipinski definition) is 3.